The Hall–Kier alpha value is -3.77. The molecule has 0 saturated heterocycles. The third kappa shape index (κ3) is 3.81. The zero-order valence-corrected chi connectivity index (χ0v) is 18.0. The summed E-state index contributed by atoms with van der Waals surface area (Å²) in [6.45, 7) is 0. The molecule has 1 aliphatic rings. The number of rotatable bonds is 4. The van der Waals surface area contributed by atoms with Crippen LogP contribution in [0.1, 0.15) is 33.9 Å². The third-order valence-corrected chi connectivity index (χ3v) is 5.76. The van der Waals surface area contributed by atoms with Gasteiger partial charge in [0.2, 0.25) is 0 Å². The van der Waals surface area contributed by atoms with Crippen LogP contribution in [0.2, 0.25) is 5.02 Å². The van der Waals surface area contributed by atoms with Crippen LogP contribution < -0.4 is 4.74 Å². The molecule has 0 N–H and O–H groups in total. The van der Waals surface area contributed by atoms with Crippen molar-refractivity contribution in [2.45, 2.75) is 12.5 Å². The molecule has 0 bridgehead atoms. The molecule has 3 aromatic carbocycles. The van der Waals surface area contributed by atoms with Gasteiger partial charge in [-0.2, -0.15) is 5.10 Å². The molecule has 1 atom stereocenters. The number of halogens is 1. The van der Waals surface area contributed by atoms with Crippen molar-refractivity contribution in [1.82, 2.24) is 15.0 Å². The predicted molar refractivity (Wildman–Crippen MR) is 124 cm³/mol. The number of carbonyl (C=O) groups is 1. The van der Waals surface area contributed by atoms with Crippen molar-refractivity contribution in [3.63, 3.8) is 0 Å². The molecule has 5 rings (SSSR count). The summed E-state index contributed by atoms with van der Waals surface area (Å²) >= 11 is 6.05. The standard InChI is InChI=1S/C25H19ClN4O2/c1-32-20-9-4-17(5-10-20)24-15-22(16-2-7-19(26)8-3-16)29-30(24)25(31)18-6-11-21-23(14-18)28-13-12-27-21/h2-14,24H,15H2,1H3. The van der Waals surface area contributed by atoms with E-state index in [2.05, 4.69) is 9.97 Å². The zero-order chi connectivity index (χ0) is 22.1. The Kier molecular flexibility index (Phi) is 5.29. The lowest BCUT2D eigenvalue weighted by molar-refractivity contribution is 0.0711. The summed E-state index contributed by atoms with van der Waals surface area (Å²) < 4.78 is 5.28. The van der Waals surface area contributed by atoms with Gasteiger partial charge in [0.1, 0.15) is 5.75 Å². The van der Waals surface area contributed by atoms with E-state index in [1.54, 1.807) is 42.7 Å². The molecule has 0 fully saturated rings. The Morgan fingerprint density at radius 1 is 0.969 bits per heavy atom. The maximum Gasteiger partial charge on any atom is 0.274 e. The Bertz CT molecular complexity index is 1320. The molecule has 0 aliphatic carbocycles. The largest absolute Gasteiger partial charge is 0.497 e. The third-order valence-electron chi connectivity index (χ3n) is 5.51. The summed E-state index contributed by atoms with van der Waals surface area (Å²) in [6.07, 6.45) is 3.84. The van der Waals surface area contributed by atoms with Crippen LogP contribution in [0.5, 0.6) is 5.75 Å². The fraction of sp³-hybridized carbons (Fsp3) is 0.120. The van der Waals surface area contributed by atoms with Crippen LogP contribution in [0.4, 0.5) is 0 Å². The number of hydrogen-bond acceptors (Lipinski definition) is 5. The molecule has 6 nitrogen and oxygen atoms in total. The van der Waals surface area contributed by atoms with Gasteiger partial charge in [0.05, 0.1) is 29.9 Å². The molecule has 1 aromatic heterocycles. The molecule has 158 valence electrons. The molecule has 2 heterocycles. The SMILES string of the molecule is COc1ccc(C2CC(c3ccc(Cl)cc3)=NN2C(=O)c2ccc3nccnc3c2)cc1. The van der Waals surface area contributed by atoms with E-state index in [9.17, 15) is 4.79 Å². The first-order valence-corrected chi connectivity index (χ1v) is 10.5. The van der Waals surface area contributed by atoms with Crippen LogP contribution in [0.3, 0.4) is 0 Å². The average Bonchev–Trinajstić information content (AvgIpc) is 3.29. The van der Waals surface area contributed by atoms with Gasteiger partial charge in [-0.1, -0.05) is 35.9 Å². The number of ether oxygens (including phenoxy) is 1. The lowest BCUT2D eigenvalue weighted by Crippen LogP contribution is -2.27. The first-order chi connectivity index (χ1) is 15.6. The molecule has 0 saturated carbocycles. The van der Waals surface area contributed by atoms with Gasteiger partial charge in [0, 0.05) is 29.4 Å². The molecule has 1 aliphatic heterocycles. The number of nitrogens with zero attached hydrogens (tertiary/aromatic N) is 4. The minimum Gasteiger partial charge on any atom is -0.497 e. The van der Waals surface area contributed by atoms with Crippen LogP contribution in [0, 0.1) is 0 Å². The summed E-state index contributed by atoms with van der Waals surface area (Å²) in [5.41, 5.74) is 4.66. The maximum atomic E-state index is 13.6. The first-order valence-electron chi connectivity index (χ1n) is 10.1. The number of amides is 1. The highest BCUT2D eigenvalue weighted by molar-refractivity contribution is 6.30. The molecule has 32 heavy (non-hydrogen) atoms. The summed E-state index contributed by atoms with van der Waals surface area (Å²) in [5, 5.41) is 6.95. The Labute approximate surface area is 190 Å². The Morgan fingerprint density at radius 3 is 2.41 bits per heavy atom. The highest BCUT2D eigenvalue weighted by atomic mass is 35.5. The van der Waals surface area contributed by atoms with Crippen molar-refractivity contribution < 1.29 is 9.53 Å². The second-order valence-corrected chi connectivity index (χ2v) is 7.89. The van der Waals surface area contributed by atoms with Crippen LogP contribution in [-0.4, -0.2) is 33.7 Å². The Morgan fingerprint density at radius 2 is 1.69 bits per heavy atom. The van der Waals surface area contributed by atoms with Crippen LogP contribution in [-0.2, 0) is 0 Å². The van der Waals surface area contributed by atoms with E-state index in [0.29, 0.717) is 22.5 Å². The highest BCUT2D eigenvalue weighted by Crippen LogP contribution is 2.35. The second-order valence-electron chi connectivity index (χ2n) is 7.46. The zero-order valence-electron chi connectivity index (χ0n) is 17.3. The molecule has 4 aromatic rings. The van der Waals surface area contributed by atoms with E-state index in [1.165, 1.54) is 0 Å². The van der Waals surface area contributed by atoms with Crippen molar-refractivity contribution in [3.05, 3.63) is 101 Å². The average molecular weight is 443 g/mol. The van der Waals surface area contributed by atoms with Crippen molar-refractivity contribution >= 4 is 34.3 Å². The van der Waals surface area contributed by atoms with Crippen molar-refractivity contribution in [2.75, 3.05) is 7.11 Å². The molecule has 0 spiro atoms. The minimum absolute atomic E-state index is 0.192. The number of benzene rings is 3. The van der Waals surface area contributed by atoms with E-state index in [0.717, 1.165) is 28.1 Å². The topological polar surface area (TPSA) is 67.7 Å². The van der Waals surface area contributed by atoms with Gasteiger partial charge >= 0.3 is 0 Å². The van der Waals surface area contributed by atoms with Crippen molar-refractivity contribution in [3.8, 4) is 5.75 Å². The molecule has 1 unspecified atom stereocenters. The van der Waals surface area contributed by atoms with E-state index in [1.807, 2.05) is 48.5 Å². The lowest BCUT2D eigenvalue weighted by atomic mass is 9.98. The fourth-order valence-electron chi connectivity index (χ4n) is 3.83. The highest BCUT2D eigenvalue weighted by Gasteiger charge is 2.33. The van der Waals surface area contributed by atoms with Crippen LogP contribution in [0.15, 0.2) is 84.2 Å². The molecule has 0 radical (unpaired) electrons. The number of hydrogen-bond donors (Lipinski definition) is 0. The maximum absolute atomic E-state index is 13.6. The first kappa shape index (κ1) is 20.2. The smallest absolute Gasteiger partial charge is 0.274 e. The summed E-state index contributed by atoms with van der Waals surface area (Å²) in [6, 6.07) is 20.3. The van der Waals surface area contributed by atoms with Gasteiger partial charge in [-0.15, -0.1) is 0 Å². The van der Waals surface area contributed by atoms with Gasteiger partial charge in [-0.25, -0.2) is 5.01 Å². The quantitative estimate of drug-likeness (QED) is 0.431. The second kappa shape index (κ2) is 8.40. The number of methoxy groups -OCH3 is 1. The molecular weight excluding hydrogens is 424 g/mol. The van der Waals surface area contributed by atoms with E-state index in [-0.39, 0.29) is 11.9 Å². The summed E-state index contributed by atoms with van der Waals surface area (Å²) in [4.78, 5) is 22.2. The monoisotopic (exact) mass is 442 g/mol. The number of aromatic nitrogens is 2. The van der Waals surface area contributed by atoms with Gasteiger partial charge < -0.3 is 4.74 Å². The molecule has 7 heteroatoms. The van der Waals surface area contributed by atoms with Crippen molar-refractivity contribution in [2.24, 2.45) is 5.10 Å². The molecule has 1 amide bonds. The lowest BCUT2D eigenvalue weighted by Gasteiger charge is -2.22. The normalized spacial score (nSPS) is 15.6. The van der Waals surface area contributed by atoms with E-state index in [4.69, 9.17) is 21.4 Å². The fourth-order valence-corrected chi connectivity index (χ4v) is 3.95. The predicted octanol–water partition coefficient (Wildman–Crippen LogP) is 5.28. The van der Waals surface area contributed by atoms with Gasteiger partial charge in [-0.3, -0.25) is 14.8 Å². The number of carbonyl (C=O) groups excluding carboxylic acids is 1. The summed E-state index contributed by atoms with van der Waals surface area (Å²) in [7, 11) is 1.63. The van der Waals surface area contributed by atoms with E-state index >= 15 is 0 Å². The number of hydrazone groups is 1. The van der Waals surface area contributed by atoms with Crippen molar-refractivity contribution in [1.29, 1.82) is 0 Å². The Balaban J connectivity index is 1.54. The van der Waals surface area contributed by atoms with Gasteiger partial charge in [-0.05, 0) is 53.6 Å². The minimum atomic E-state index is -0.239. The summed E-state index contributed by atoms with van der Waals surface area (Å²) in [5.74, 6) is 0.568. The van der Waals surface area contributed by atoms with Gasteiger partial charge in [0.25, 0.3) is 5.91 Å². The van der Waals surface area contributed by atoms with Gasteiger partial charge in [0.15, 0.2) is 0 Å². The van der Waals surface area contributed by atoms with Crippen LogP contribution in [0.25, 0.3) is 11.0 Å². The van der Waals surface area contributed by atoms with Crippen LogP contribution >= 0.6 is 11.6 Å². The molecular formula is C25H19ClN4O2. The number of fused-ring (bicyclic) bond motifs is 1. The van der Waals surface area contributed by atoms with E-state index < -0.39 is 0 Å².